The molecular weight excluding hydrogens is 244 g/mol. The molecule has 1 atom stereocenters. The molecule has 2 fully saturated rings. The normalized spacial score (nSPS) is 29.3. The van der Waals surface area contributed by atoms with Gasteiger partial charge in [-0.2, -0.15) is 0 Å². The standard InChI is InChI=1S/C14H22N2O3/c1-13(2)7-5-6-9(13)11(18)16-8-10(17)15-12(19)14(16,3)4/h9H,5-8H2,1-4H3,(H,15,17,19). The molecular formula is C14H22N2O3. The van der Waals surface area contributed by atoms with Crippen molar-refractivity contribution < 1.29 is 14.4 Å². The van der Waals surface area contributed by atoms with Crippen LogP contribution < -0.4 is 5.32 Å². The van der Waals surface area contributed by atoms with Crippen LogP contribution in [0.4, 0.5) is 0 Å². The molecule has 2 aliphatic rings. The summed E-state index contributed by atoms with van der Waals surface area (Å²) in [6, 6.07) is 0. The Morgan fingerprint density at radius 2 is 1.89 bits per heavy atom. The predicted octanol–water partition coefficient (Wildman–Crippen LogP) is 1.08. The molecule has 0 aromatic carbocycles. The fraction of sp³-hybridized carbons (Fsp3) is 0.786. The van der Waals surface area contributed by atoms with Crippen molar-refractivity contribution in [3.05, 3.63) is 0 Å². The number of hydrogen-bond donors (Lipinski definition) is 1. The predicted molar refractivity (Wildman–Crippen MR) is 70.1 cm³/mol. The Bertz CT molecular complexity index is 440. The lowest BCUT2D eigenvalue weighted by atomic mass is 9.80. The summed E-state index contributed by atoms with van der Waals surface area (Å²) in [5.74, 6) is -0.942. The molecule has 0 aromatic rings. The highest BCUT2D eigenvalue weighted by atomic mass is 16.2. The first-order chi connectivity index (χ1) is 8.66. The minimum Gasteiger partial charge on any atom is -0.319 e. The third-order valence-corrected chi connectivity index (χ3v) is 4.61. The highest BCUT2D eigenvalue weighted by molar-refractivity contribution is 6.06. The first-order valence-corrected chi connectivity index (χ1v) is 6.82. The molecule has 2 rings (SSSR count). The molecule has 106 valence electrons. The topological polar surface area (TPSA) is 66.5 Å². The molecule has 19 heavy (non-hydrogen) atoms. The van der Waals surface area contributed by atoms with Crippen LogP contribution >= 0.6 is 0 Å². The van der Waals surface area contributed by atoms with Gasteiger partial charge < -0.3 is 4.90 Å². The number of imide groups is 1. The van der Waals surface area contributed by atoms with Gasteiger partial charge in [0, 0.05) is 5.92 Å². The van der Waals surface area contributed by atoms with Gasteiger partial charge in [0.1, 0.15) is 12.1 Å². The number of amides is 3. The summed E-state index contributed by atoms with van der Waals surface area (Å²) >= 11 is 0. The van der Waals surface area contributed by atoms with Gasteiger partial charge in [-0.05, 0) is 32.1 Å². The van der Waals surface area contributed by atoms with Crippen LogP contribution in [0.25, 0.3) is 0 Å². The van der Waals surface area contributed by atoms with Crippen molar-refractivity contribution in [1.29, 1.82) is 0 Å². The van der Waals surface area contributed by atoms with Gasteiger partial charge in [0.15, 0.2) is 0 Å². The van der Waals surface area contributed by atoms with Crippen molar-refractivity contribution in [3.8, 4) is 0 Å². The number of carbonyl (C=O) groups excluding carboxylic acids is 3. The highest BCUT2D eigenvalue weighted by Gasteiger charge is 2.49. The molecule has 1 saturated carbocycles. The van der Waals surface area contributed by atoms with Crippen molar-refractivity contribution in [1.82, 2.24) is 10.2 Å². The molecule has 1 N–H and O–H groups in total. The zero-order chi connectivity index (χ0) is 14.4. The second-order valence-corrected chi connectivity index (χ2v) is 6.79. The van der Waals surface area contributed by atoms with Gasteiger partial charge in [-0.3, -0.25) is 19.7 Å². The quantitative estimate of drug-likeness (QED) is 0.722. The number of rotatable bonds is 1. The van der Waals surface area contributed by atoms with Gasteiger partial charge in [0.2, 0.25) is 11.8 Å². The summed E-state index contributed by atoms with van der Waals surface area (Å²) < 4.78 is 0. The first-order valence-electron chi connectivity index (χ1n) is 6.82. The molecule has 0 spiro atoms. The Labute approximate surface area is 113 Å². The van der Waals surface area contributed by atoms with Crippen molar-refractivity contribution in [3.63, 3.8) is 0 Å². The molecule has 0 aromatic heterocycles. The Balaban J connectivity index is 2.27. The van der Waals surface area contributed by atoms with E-state index in [9.17, 15) is 14.4 Å². The monoisotopic (exact) mass is 266 g/mol. The van der Waals surface area contributed by atoms with Crippen molar-refractivity contribution in [2.45, 2.75) is 52.5 Å². The van der Waals surface area contributed by atoms with Crippen molar-refractivity contribution in [2.75, 3.05) is 6.54 Å². The van der Waals surface area contributed by atoms with Gasteiger partial charge in [0.05, 0.1) is 0 Å². The van der Waals surface area contributed by atoms with Gasteiger partial charge >= 0.3 is 0 Å². The van der Waals surface area contributed by atoms with Crippen molar-refractivity contribution in [2.24, 2.45) is 11.3 Å². The Hall–Kier alpha value is -1.39. The number of piperazine rings is 1. The summed E-state index contributed by atoms with van der Waals surface area (Å²) in [6.07, 6.45) is 2.88. The maximum atomic E-state index is 12.7. The average molecular weight is 266 g/mol. The highest BCUT2D eigenvalue weighted by Crippen LogP contribution is 2.44. The van der Waals surface area contributed by atoms with E-state index in [-0.39, 0.29) is 23.8 Å². The maximum Gasteiger partial charge on any atom is 0.252 e. The molecule has 1 heterocycles. The second-order valence-electron chi connectivity index (χ2n) is 6.79. The molecule has 1 aliphatic carbocycles. The van der Waals surface area contributed by atoms with Crippen LogP contribution in [0, 0.1) is 11.3 Å². The van der Waals surface area contributed by atoms with E-state index in [4.69, 9.17) is 0 Å². The van der Waals surface area contributed by atoms with Crippen LogP contribution in [0.1, 0.15) is 47.0 Å². The summed E-state index contributed by atoms with van der Waals surface area (Å²) in [5, 5.41) is 2.29. The summed E-state index contributed by atoms with van der Waals surface area (Å²) in [7, 11) is 0. The lowest BCUT2D eigenvalue weighted by molar-refractivity contribution is -0.159. The van der Waals surface area contributed by atoms with Crippen LogP contribution in [0.2, 0.25) is 0 Å². The van der Waals surface area contributed by atoms with E-state index >= 15 is 0 Å². The fourth-order valence-electron chi connectivity index (χ4n) is 3.11. The lowest BCUT2D eigenvalue weighted by Gasteiger charge is -2.43. The number of nitrogens with one attached hydrogen (secondary N) is 1. The zero-order valence-electron chi connectivity index (χ0n) is 12.1. The molecule has 1 saturated heterocycles. The number of carbonyl (C=O) groups is 3. The zero-order valence-corrected chi connectivity index (χ0v) is 12.1. The minimum absolute atomic E-state index is 0.0237. The Kier molecular flexibility index (Phi) is 3.19. The number of hydrogen-bond acceptors (Lipinski definition) is 3. The Morgan fingerprint density at radius 1 is 1.26 bits per heavy atom. The van der Waals surface area contributed by atoms with Gasteiger partial charge in [-0.25, -0.2) is 0 Å². The molecule has 5 nitrogen and oxygen atoms in total. The molecule has 5 heteroatoms. The van der Waals surface area contributed by atoms with E-state index in [0.29, 0.717) is 0 Å². The van der Waals surface area contributed by atoms with E-state index in [1.54, 1.807) is 13.8 Å². The van der Waals surface area contributed by atoms with Crippen molar-refractivity contribution >= 4 is 17.7 Å². The van der Waals surface area contributed by atoms with E-state index in [0.717, 1.165) is 19.3 Å². The molecule has 1 aliphatic heterocycles. The van der Waals surface area contributed by atoms with Gasteiger partial charge in [-0.1, -0.05) is 20.3 Å². The van der Waals surface area contributed by atoms with Gasteiger partial charge in [-0.15, -0.1) is 0 Å². The molecule has 1 unspecified atom stereocenters. The summed E-state index contributed by atoms with van der Waals surface area (Å²) in [4.78, 5) is 37.6. The van der Waals surface area contributed by atoms with E-state index in [2.05, 4.69) is 19.2 Å². The van der Waals surface area contributed by atoms with Gasteiger partial charge in [0.25, 0.3) is 5.91 Å². The second kappa shape index (κ2) is 4.32. The summed E-state index contributed by atoms with van der Waals surface area (Å²) in [6.45, 7) is 7.52. The van der Waals surface area contributed by atoms with E-state index in [1.807, 2.05) is 0 Å². The first kappa shape index (κ1) is 14.0. The third-order valence-electron chi connectivity index (χ3n) is 4.61. The van der Waals surface area contributed by atoms with Crippen LogP contribution in [0.15, 0.2) is 0 Å². The van der Waals surface area contributed by atoms with Crippen LogP contribution in [0.3, 0.4) is 0 Å². The maximum absolute atomic E-state index is 12.7. The SMILES string of the molecule is CC1(C)CCCC1C(=O)N1CC(=O)NC(=O)C1(C)C. The van der Waals surface area contributed by atoms with E-state index < -0.39 is 17.4 Å². The van der Waals surface area contributed by atoms with Crippen LogP contribution in [-0.2, 0) is 14.4 Å². The smallest absolute Gasteiger partial charge is 0.252 e. The van der Waals surface area contributed by atoms with Crippen LogP contribution in [-0.4, -0.2) is 34.7 Å². The molecule has 0 radical (unpaired) electrons. The summed E-state index contributed by atoms with van der Waals surface area (Å²) in [5.41, 5.74) is -1.01. The average Bonchev–Trinajstić information content (AvgIpc) is 2.63. The Morgan fingerprint density at radius 3 is 2.42 bits per heavy atom. The number of nitrogens with zero attached hydrogens (tertiary/aromatic N) is 1. The lowest BCUT2D eigenvalue weighted by Crippen LogP contribution is -2.66. The molecule has 0 bridgehead atoms. The largest absolute Gasteiger partial charge is 0.319 e. The molecule has 3 amide bonds. The van der Waals surface area contributed by atoms with E-state index in [1.165, 1.54) is 4.90 Å². The fourth-order valence-corrected chi connectivity index (χ4v) is 3.11. The van der Waals surface area contributed by atoms with Crippen LogP contribution in [0.5, 0.6) is 0 Å². The third kappa shape index (κ3) is 2.26. The minimum atomic E-state index is -0.955.